The van der Waals surface area contributed by atoms with Crippen molar-refractivity contribution >= 4 is 0 Å². The molecule has 0 amide bonds. The van der Waals surface area contributed by atoms with Gasteiger partial charge in [-0.1, -0.05) is 24.3 Å². The molecule has 1 N–H and O–H groups in total. The van der Waals surface area contributed by atoms with E-state index in [2.05, 4.69) is 35.6 Å². The lowest BCUT2D eigenvalue weighted by atomic mass is 9.66. The summed E-state index contributed by atoms with van der Waals surface area (Å²) in [6.07, 6.45) is 7.39. The average Bonchev–Trinajstić information content (AvgIpc) is 3.00. The molecule has 2 aromatic rings. The van der Waals surface area contributed by atoms with Gasteiger partial charge < -0.3 is 9.73 Å². The SMILES string of the molecule is c1ccc2c(c1)CCC1CNCC(Cc3ccoc3)C21. The van der Waals surface area contributed by atoms with Crippen LogP contribution in [-0.2, 0) is 12.8 Å². The summed E-state index contributed by atoms with van der Waals surface area (Å²) in [7, 11) is 0. The summed E-state index contributed by atoms with van der Waals surface area (Å²) < 4.78 is 5.24. The molecule has 20 heavy (non-hydrogen) atoms. The Morgan fingerprint density at radius 3 is 3.00 bits per heavy atom. The van der Waals surface area contributed by atoms with Crippen molar-refractivity contribution in [3.8, 4) is 0 Å². The van der Waals surface area contributed by atoms with Gasteiger partial charge in [0.05, 0.1) is 12.5 Å². The molecule has 1 aromatic carbocycles. The lowest BCUT2D eigenvalue weighted by Gasteiger charge is -2.43. The predicted octanol–water partition coefficient (Wildman–Crippen LogP) is 3.39. The molecule has 2 heterocycles. The number of nitrogens with one attached hydrogen (secondary N) is 1. The highest BCUT2D eigenvalue weighted by molar-refractivity contribution is 5.35. The molecular formula is C18H21NO. The Morgan fingerprint density at radius 1 is 1.15 bits per heavy atom. The number of rotatable bonds is 2. The first-order valence-electron chi connectivity index (χ1n) is 7.71. The van der Waals surface area contributed by atoms with Crippen molar-refractivity contribution in [3.05, 3.63) is 59.5 Å². The normalized spacial score (nSPS) is 28.7. The molecule has 0 saturated carbocycles. The van der Waals surface area contributed by atoms with Crippen LogP contribution in [0.4, 0.5) is 0 Å². The first kappa shape index (κ1) is 12.2. The van der Waals surface area contributed by atoms with E-state index >= 15 is 0 Å². The monoisotopic (exact) mass is 267 g/mol. The highest BCUT2D eigenvalue weighted by atomic mass is 16.3. The fourth-order valence-electron chi connectivity index (χ4n) is 4.22. The molecule has 0 bridgehead atoms. The molecule has 3 unspecified atom stereocenters. The highest BCUT2D eigenvalue weighted by Crippen LogP contribution is 2.43. The Hall–Kier alpha value is -1.54. The maximum absolute atomic E-state index is 5.24. The van der Waals surface area contributed by atoms with Gasteiger partial charge in [-0.25, -0.2) is 0 Å². The number of benzene rings is 1. The van der Waals surface area contributed by atoms with Crippen LogP contribution in [-0.4, -0.2) is 13.1 Å². The molecule has 1 saturated heterocycles. The second-order valence-electron chi connectivity index (χ2n) is 6.28. The summed E-state index contributed by atoms with van der Waals surface area (Å²) in [5.41, 5.74) is 4.52. The van der Waals surface area contributed by atoms with E-state index in [9.17, 15) is 0 Å². The summed E-state index contributed by atoms with van der Waals surface area (Å²) in [6.45, 7) is 2.31. The van der Waals surface area contributed by atoms with Crippen molar-refractivity contribution in [2.24, 2.45) is 11.8 Å². The van der Waals surface area contributed by atoms with Crippen molar-refractivity contribution in [1.82, 2.24) is 5.32 Å². The van der Waals surface area contributed by atoms with E-state index in [0.29, 0.717) is 5.92 Å². The van der Waals surface area contributed by atoms with Crippen molar-refractivity contribution in [2.75, 3.05) is 13.1 Å². The van der Waals surface area contributed by atoms with Crippen molar-refractivity contribution < 1.29 is 4.42 Å². The summed E-state index contributed by atoms with van der Waals surface area (Å²) >= 11 is 0. The molecule has 4 rings (SSSR count). The number of piperidine rings is 1. The van der Waals surface area contributed by atoms with Crippen LogP contribution in [0, 0.1) is 11.8 Å². The summed E-state index contributed by atoms with van der Waals surface area (Å²) in [5.74, 6) is 2.21. The van der Waals surface area contributed by atoms with Crippen LogP contribution >= 0.6 is 0 Å². The van der Waals surface area contributed by atoms with Crippen LogP contribution in [0.2, 0.25) is 0 Å². The summed E-state index contributed by atoms with van der Waals surface area (Å²) in [5, 5.41) is 3.65. The Labute approximate surface area is 120 Å². The minimum absolute atomic E-state index is 0.688. The molecule has 1 aromatic heterocycles. The molecule has 2 heteroatoms. The maximum Gasteiger partial charge on any atom is 0.0934 e. The molecule has 2 nitrogen and oxygen atoms in total. The van der Waals surface area contributed by atoms with Crippen molar-refractivity contribution in [1.29, 1.82) is 0 Å². The van der Waals surface area contributed by atoms with E-state index in [1.807, 2.05) is 6.26 Å². The second kappa shape index (κ2) is 5.10. The van der Waals surface area contributed by atoms with Crippen molar-refractivity contribution in [2.45, 2.75) is 25.2 Å². The van der Waals surface area contributed by atoms with Gasteiger partial charge >= 0.3 is 0 Å². The highest BCUT2D eigenvalue weighted by Gasteiger charge is 2.37. The Balaban J connectivity index is 1.67. The van der Waals surface area contributed by atoms with Crippen LogP contribution in [0.25, 0.3) is 0 Å². The van der Waals surface area contributed by atoms with E-state index < -0.39 is 0 Å². The minimum atomic E-state index is 0.688. The predicted molar refractivity (Wildman–Crippen MR) is 79.8 cm³/mol. The Bertz CT molecular complexity index is 575. The quantitative estimate of drug-likeness (QED) is 0.902. The third kappa shape index (κ3) is 2.08. The molecule has 1 aliphatic heterocycles. The van der Waals surface area contributed by atoms with Crippen LogP contribution in [0.1, 0.15) is 29.0 Å². The van der Waals surface area contributed by atoms with Crippen molar-refractivity contribution in [3.63, 3.8) is 0 Å². The molecule has 0 radical (unpaired) electrons. The molecule has 0 spiro atoms. The fraction of sp³-hybridized carbons (Fsp3) is 0.444. The Morgan fingerprint density at radius 2 is 2.10 bits per heavy atom. The van der Waals surface area contributed by atoms with Gasteiger partial charge in [-0.15, -0.1) is 0 Å². The molecule has 3 atom stereocenters. The molecule has 2 aliphatic rings. The minimum Gasteiger partial charge on any atom is -0.472 e. The Kier molecular flexibility index (Phi) is 3.12. The third-order valence-electron chi connectivity index (χ3n) is 5.11. The molecule has 1 aliphatic carbocycles. The van der Waals surface area contributed by atoms with Crippen LogP contribution in [0.15, 0.2) is 47.3 Å². The van der Waals surface area contributed by atoms with Crippen LogP contribution < -0.4 is 5.32 Å². The molecule has 1 fully saturated rings. The van der Waals surface area contributed by atoms with E-state index in [4.69, 9.17) is 4.42 Å². The number of hydrogen-bond acceptors (Lipinski definition) is 2. The van der Waals surface area contributed by atoms with Gasteiger partial charge in [-0.3, -0.25) is 0 Å². The van der Waals surface area contributed by atoms with Gasteiger partial charge in [-0.2, -0.15) is 0 Å². The lowest BCUT2D eigenvalue weighted by molar-refractivity contribution is 0.213. The van der Waals surface area contributed by atoms with Gasteiger partial charge in [0.25, 0.3) is 0 Å². The standard InChI is InChI=1S/C18H21NO/c1-2-4-17-14(3-1)5-6-15-10-19-11-16(18(15)17)9-13-7-8-20-12-13/h1-4,7-8,12,15-16,18-19H,5-6,9-11H2. The number of furan rings is 1. The van der Waals surface area contributed by atoms with E-state index in [1.54, 1.807) is 17.4 Å². The largest absolute Gasteiger partial charge is 0.472 e. The zero-order valence-electron chi connectivity index (χ0n) is 11.7. The first-order valence-corrected chi connectivity index (χ1v) is 7.71. The van der Waals surface area contributed by atoms with Gasteiger partial charge in [0.2, 0.25) is 0 Å². The van der Waals surface area contributed by atoms with Gasteiger partial charge in [0.1, 0.15) is 0 Å². The first-order chi connectivity index (χ1) is 9.92. The average molecular weight is 267 g/mol. The number of aryl methyl sites for hydroxylation is 1. The topological polar surface area (TPSA) is 25.2 Å². The second-order valence-corrected chi connectivity index (χ2v) is 6.28. The summed E-state index contributed by atoms with van der Waals surface area (Å²) in [4.78, 5) is 0. The summed E-state index contributed by atoms with van der Waals surface area (Å²) in [6, 6.07) is 11.2. The number of fused-ring (bicyclic) bond motifs is 3. The fourth-order valence-corrected chi connectivity index (χ4v) is 4.22. The van der Waals surface area contributed by atoms with Gasteiger partial charge in [-0.05, 0) is 72.9 Å². The zero-order valence-corrected chi connectivity index (χ0v) is 11.7. The number of hydrogen-bond donors (Lipinski definition) is 1. The lowest BCUT2D eigenvalue weighted by Crippen LogP contribution is -2.45. The van der Waals surface area contributed by atoms with Gasteiger partial charge in [0, 0.05) is 0 Å². The van der Waals surface area contributed by atoms with Gasteiger partial charge in [0.15, 0.2) is 0 Å². The van der Waals surface area contributed by atoms with Crippen LogP contribution in [0.5, 0.6) is 0 Å². The third-order valence-corrected chi connectivity index (χ3v) is 5.11. The molecular weight excluding hydrogens is 246 g/mol. The van der Waals surface area contributed by atoms with Crippen LogP contribution in [0.3, 0.4) is 0 Å². The smallest absolute Gasteiger partial charge is 0.0934 e. The van der Waals surface area contributed by atoms with E-state index in [0.717, 1.165) is 24.8 Å². The van der Waals surface area contributed by atoms with E-state index in [1.165, 1.54) is 24.9 Å². The zero-order chi connectivity index (χ0) is 13.4. The maximum atomic E-state index is 5.24. The van der Waals surface area contributed by atoms with E-state index in [-0.39, 0.29) is 0 Å². The molecule has 104 valence electrons.